The van der Waals surface area contributed by atoms with Gasteiger partial charge in [0.15, 0.2) is 5.11 Å². The van der Waals surface area contributed by atoms with Gasteiger partial charge in [0.2, 0.25) is 0 Å². The monoisotopic (exact) mass is 396 g/mol. The van der Waals surface area contributed by atoms with Crippen molar-refractivity contribution in [3.63, 3.8) is 0 Å². The van der Waals surface area contributed by atoms with E-state index in [2.05, 4.69) is 10.6 Å². The van der Waals surface area contributed by atoms with Crippen LogP contribution in [0.25, 0.3) is 0 Å². The number of carbonyl (C=O) groups excluding carboxylic acids is 1. The molecule has 0 radical (unpaired) electrons. The van der Waals surface area contributed by atoms with Crippen LogP contribution in [0.3, 0.4) is 0 Å². The molecule has 146 valence electrons. The second-order valence-corrected chi connectivity index (χ2v) is 6.82. The molecule has 0 fully saturated rings. The summed E-state index contributed by atoms with van der Waals surface area (Å²) in [6.45, 7) is 4.60. The van der Waals surface area contributed by atoms with E-state index in [1.165, 1.54) is 0 Å². The van der Waals surface area contributed by atoms with Crippen LogP contribution in [0.5, 0.6) is 5.75 Å². The van der Waals surface area contributed by atoms with Crippen molar-refractivity contribution in [3.8, 4) is 5.75 Å². The molecule has 0 unspecified atom stereocenters. The number of carbonyl (C=O) groups is 1. The lowest BCUT2D eigenvalue weighted by molar-refractivity contribution is -0.139. The average molecular weight is 397 g/mol. The first kappa shape index (κ1) is 19.9. The topological polar surface area (TPSA) is 59.6 Å². The van der Waals surface area contributed by atoms with E-state index in [9.17, 15) is 4.79 Å². The van der Waals surface area contributed by atoms with Gasteiger partial charge in [-0.15, -0.1) is 0 Å². The van der Waals surface area contributed by atoms with Gasteiger partial charge in [0, 0.05) is 17.7 Å². The molecule has 1 aliphatic rings. The van der Waals surface area contributed by atoms with Gasteiger partial charge in [0.25, 0.3) is 0 Å². The number of esters is 1. The van der Waals surface area contributed by atoms with Gasteiger partial charge in [0.1, 0.15) is 5.75 Å². The first-order valence-corrected chi connectivity index (χ1v) is 9.72. The van der Waals surface area contributed by atoms with Gasteiger partial charge in [0.05, 0.1) is 24.8 Å². The number of rotatable bonds is 7. The Morgan fingerprint density at radius 1 is 1.11 bits per heavy atom. The zero-order chi connectivity index (χ0) is 19.9. The molecular formula is C22H24N2O3S. The quantitative estimate of drug-likeness (QED) is 0.550. The number of para-hydroxylation sites is 1. The molecule has 5 nitrogen and oxygen atoms in total. The molecule has 1 aliphatic heterocycles. The van der Waals surface area contributed by atoms with Crippen molar-refractivity contribution in [1.82, 2.24) is 10.6 Å². The number of benzene rings is 2. The van der Waals surface area contributed by atoms with Gasteiger partial charge < -0.3 is 20.1 Å². The van der Waals surface area contributed by atoms with Crippen LogP contribution in [-0.4, -0.2) is 24.3 Å². The van der Waals surface area contributed by atoms with Gasteiger partial charge in [-0.1, -0.05) is 48.5 Å². The zero-order valence-corrected chi connectivity index (χ0v) is 16.8. The first-order valence-electron chi connectivity index (χ1n) is 9.31. The van der Waals surface area contributed by atoms with Crippen LogP contribution in [0.1, 0.15) is 31.0 Å². The van der Waals surface area contributed by atoms with E-state index in [0.717, 1.165) is 16.9 Å². The summed E-state index contributed by atoms with van der Waals surface area (Å²) in [5, 5.41) is 6.68. The summed E-state index contributed by atoms with van der Waals surface area (Å²) in [6, 6.07) is 17.2. The summed E-state index contributed by atoms with van der Waals surface area (Å²) in [5.41, 5.74) is 3.17. The molecule has 1 atom stereocenters. The predicted molar refractivity (Wildman–Crippen MR) is 113 cm³/mol. The minimum absolute atomic E-state index is 0.309. The van der Waals surface area contributed by atoms with Crippen molar-refractivity contribution in [2.75, 3.05) is 13.2 Å². The van der Waals surface area contributed by atoms with E-state index in [-0.39, 0.29) is 5.97 Å². The SMILES string of the molecule is CCOc1ccccc1[C@H]1NC(=S)NC(C)=C1C(=O)OCCc1ccccc1. The highest BCUT2D eigenvalue weighted by Crippen LogP contribution is 2.33. The Morgan fingerprint density at radius 3 is 2.57 bits per heavy atom. The third kappa shape index (κ3) is 4.70. The maximum Gasteiger partial charge on any atom is 0.338 e. The van der Waals surface area contributed by atoms with Crippen molar-refractivity contribution in [3.05, 3.63) is 77.0 Å². The average Bonchev–Trinajstić information content (AvgIpc) is 2.69. The fourth-order valence-electron chi connectivity index (χ4n) is 3.19. The lowest BCUT2D eigenvalue weighted by atomic mass is 9.95. The van der Waals surface area contributed by atoms with Crippen LogP contribution >= 0.6 is 12.2 Å². The Kier molecular flexibility index (Phi) is 6.66. The van der Waals surface area contributed by atoms with Gasteiger partial charge in [-0.25, -0.2) is 4.79 Å². The van der Waals surface area contributed by atoms with Crippen molar-refractivity contribution in [2.24, 2.45) is 0 Å². The summed E-state index contributed by atoms with van der Waals surface area (Å²) in [5.74, 6) is 0.349. The largest absolute Gasteiger partial charge is 0.494 e. The van der Waals surface area contributed by atoms with Crippen LogP contribution in [0.2, 0.25) is 0 Å². The third-order valence-corrected chi connectivity index (χ3v) is 4.71. The standard InChI is InChI=1S/C22H24N2O3S/c1-3-26-18-12-8-7-11-17(18)20-19(15(2)23-22(28)24-20)21(25)27-14-13-16-9-5-4-6-10-16/h4-12,20H,3,13-14H2,1-2H3,(H2,23,24,28)/t20-/m1/s1. The molecule has 0 spiro atoms. The fraction of sp³-hybridized carbons (Fsp3) is 0.273. The van der Waals surface area contributed by atoms with Gasteiger partial charge in [-0.05, 0) is 37.7 Å². The summed E-state index contributed by atoms with van der Waals surface area (Å²) in [7, 11) is 0. The number of hydrogen-bond donors (Lipinski definition) is 2. The predicted octanol–water partition coefficient (Wildman–Crippen LogP) is 3.66. The molecule has 0 aliphatic carbocycles. The van der Waals surface area contributed by atoms with E-state index in [1.807, 2.05) is 68.4 Å². The Hall–Kier alpha value is -2.86. The second-order valence-electron chi connectivity index (χ2n) is 6.41. The fourth-order valence-corrected chi connectivity index (χ4v) is 3.46. The zero-order valence-electron chi connectivity index (χ0n) is 16.0. The molecule has 2 N–H and O–H groups in total. The molecule has 0 aromatic heterocycles. The number of thiocarbonyl (C=S) groups is 1. The van der Waals surface area contributed by atoms with E-state index in [4.69, 9.17) is 21.7 Å². The lowest BCUT2D eigenvalue weighted by Gasteiger charge is -2.30. The molecule has 28 heavy (non-hydrogen) atoms. The molecule has 0 amide bonds. The minimum atomic E-state index is -0.430. The van der Waals surface area contributed by atoms with Crippen molar-refractivity contribution >= 4 is 23.3 Å². The summed E-state index contributed by atoms with van der Waals surface area (Å²) in [6.07, 6.45) is 0.665. The molecule has 2 aromatic carbocycles. The van der Waals surface area contributed by atoms with E-state index in [1.54, 1.807) is 0 Å². The smallest absolute Gasteiger partial charge is 0.338 e. The highest BCUT2D eigenvalue weighted by atomic mass is 32.1. The van der Waals surface area contributed by atoms with Crippen LogP contribution in [0.4, 0.5) is 0 Å². The Bertz CT molecular complexity index is 880. The number of allylic oxidation sites excluding steroid dienone is 1. The highest BCUT2D eigenvalue weighted by molar-refractivity contribution is 7.80. The van der Waals surface area contributed by atoms with Gasteiger partial charge in [-0.3, -0.25) is 0 Å². The van der Waals surface area contributed by atoms with Crippen LogP contribution < -0.4 is 15.4 Å². The van der Waals surface area contributed by atoms with Crippen LogP contribution in [0, 0.1) is 0 Å². The van der Waals surface area contributed by atoms with E-state index < -0.39 is 6.04 Å². The van der Waals surface area contributed by atoms with Gasteiger partial charge in [-0.2, -0.15) is 0 Å². The van der Waals surface area contributed by atoms with E-state index >= 15 is 0 Å². The molecule has 2 aromatic rings. The molecule has 0 bridgehead atoms. The van der Waals surface area contributed by atoms with Crippen LogP contribution in [0.15, 0.2) is 65.9 Å². The maximum atomic E-state index is 12.9. The Balaban J connectivity index is 1.80. The van der Waals surface area contributed by atoms with Crippen molar-refractivity contribution < 1.29 is 14.3 Å². The van der Waals surface area contributed by atoms with Crippen molar-refractivity contribution in [1.29, 1.82) is 0 Å². The number of nitrogens with one attached hydrogen (secondary N) is 2. The molecule has 0 saturated carbocycles. The second kappa shape index (κ2) is 9.37. The molecular weight excluding hydrogens is 372 g/mol. The molecule has 1 heterocycles. The van der Waals surface area contributed by atoms with Crippen LogP contribution in [-0.2, 0) is 16.0 Å². The normalized spacial score (nSPS) is 16.2. The first-order chi connectivity index (χ1) is 13.6. The molecule has 0 saturated heterocycles. The lowest BCUT2D eigenvalue weighted by Crippen LogP contribution is -2.45. The third-order valence-electron chi connectivity index (χ3n) is 4.49. The minimum Gasteiger partial charge on any atom is -0.494 e. The number of ether oxygens (including phenoxy) is 2. The Labute approximate surface area is 170 Å². The number of hydrogen-bond acceptors (Lipinski definition) is 4. The molecule has 3 rings (SSSR count). The summed E-state index contributed by atoms with van der Waals surface area (Å²) < 4.78 is 11.3. The van der Waals surface area contributed by atoms with Gasteiger partial charge >= 0.3 is 5.97 Å². The highest BCUT2D eigenvalue weighted by Gasteiger charge is 2.32. The Morgan fingerprint density at radius 2 is 1.82 bits per heavy atom. The van der Waals surface area contributed by atoms with Crippen molar-refractivity contribution in [2.45, 2.75) is 26.3 Å². The maximum absolute atomic E-state index is 12.9. The summed E-state index contributed by atoms with van der Waals surface area (Å²) >= 11 is 5.31. The van der Waals surface area contributed by atoms with E-state index in [0.29, 0.717) is 36.0 Å². The molecule has 6 heteroatoms. The summed E-state index contributed by atoms with van der Waals surface area (Å²) in [4.78, 5) is 12.9.